The van der Waals surface area contributed by atoms with Crippen LogP contribution in [0, 0.1) is 0 Å². The molecule has 0 saturated carbocycles. The topological polar surface area (TPSA) is 164 Å². The first-order chi connectivity index (χ1) is 16.5. The molecule has 3 N–H and O–H groups in total. The maximum Gasteiger partial charge on any atom is 0.322 e. The molecule has 0 radical (unpaired) electrons. The molecule has 0 spiro atoms. The highest BCUT2D eigenvalue weighted by atomic mass is 16.5. The SMILES string of the molecule is COc1ccc2c(c1)C(=O)N(CC1(C3Cc4nc(-c5nn[nH]n5)ccc4O3)NC(=O)NC1=O)C2. The van der Waals surface area contributed by atoms with Gasteiger partial charge in [-0.15, -0.1) is 10.2 Å². The fourth-order valence-electron chi connectivity index (χ4n) is 4.62. The molecule has 1 aromatic carbocycles. The molecule has 172 valence electrons. The van der Waals surface area contributed by atoms with Gasteiger partial charge in [-0.05, 0) is 35.0 Å². The van der Waals surface area contributed by atoms with Crippen LogP contribution in [0.1, 0.15) is 21.6 Å². The number of nitrogens with one attached hydrogen (secondary N) is 3. The number of hydrogen-bond donors (Lipinski definition) is 3. The van der Waals surface area contributed by atoms with Gasteiger partial charge in [0.2, 0.25) is 5.82 Å². The molecule has 2 atom stereocenters. The van der Waals surface area contributed by atoms with Gasteiger partial charge in [0.05, 0.1) is 19.3 Å². The molecule has 3 aliphatic heterocycles. The molecule has 13 heteroatoms. The van der Waals surface area contributed by atoms with Crippen molar-refractivity contribution in [3.8, 4) is 23.0 Å². The number of carbonyl (C=O) groups is 3. The molecule has 13 nitrogen and oxygen atoms in total. The molecule has 6 rings (SSSR count). The van der Waals surface area contributed by atoms with E-state index < -0.39 is 23.6 Å². The third-order valence-corrected chi connectivity index (χ3v) is 6.31. The minimum Gasteiger partial charge on any atom is -0.497 e. The van der Waals surface area contributed by atoms with E-state index >= 15 is 0 Å². The second-order valence-corrected chi connectivity index (χ2v) is 8.25. The van der Waals surface area contributed by atoms with Gasteiger partial charge < -0.3 is 19.7 Å². The van der Waals surface area contributed by atoms with E-state index in [2.05, 4.69) is 36.2 Å². The predicted molar refractivity (Wildman–Crippen MR) is 113 cm³/mol. The van der Waals surface area contributed by atoms with Gasteiger partial charge in [0.1, 0.15) is 23.3 Å². The Morgan fingerprint density at radius 1 is 1.24 bits per heavy atom. The molecule has 2 aromatic heterocycles. The van der Waals surface area contributed by atoms with Crippen molar-refractivity contribution in [2.75, 3.05) is 13.7 Å². The zero-order valence-corrected chi connectivity index (χ0v) is 17.9. The minimum absolute atomic E-state index is 0.0727. The summed E-state index contributed by atoms with van der Waals surface area (Å²) in [5.41, 5.74) is 0.895. The molecule has 5 heterocycles. The summed E-state index contributed by atoms with van der Waals surface area (Å²) >= 11 is 0. The Hall–Kier alpha value is -4.55. The van der Waals surface area contributed by atoms with Crippen molar-refractivity contribution in [3.63, 3.8) is 0 Å². The number of H-pyrrole nitrogens is 1. The van der Waals surface area contributed by atoms with Gasteiger partial charge in [-0.3, -0.25) is 14.9 Å². The van der Waals surface area contributed by atoms with Crippen molar-refractivity contribution in [2.24, 2.45) is 0 Å². The number of hydrogen-bond acceptors (Lipinski definition) is 9. The summed E-state index contributed by atoms with van der Waals surface area (Å²) < 4.78 is 11.3. The summed E-state index contributed by atoms with van der Waals surface area (Å²) in [4.78, 5) is 44.5. The summed E-state index contributed by atoms with van der Waals surface area (Å²) in [5, 5.41) is 18.8. The number of rotatable bonds is 5. The molecule has 3 aliphatic rings. The Bertz CT molecular complexity index is 1340. The van der Waals surface area contributed by atoms with Gasteiger partial charge in [0.15, 0.2) is 5.54 Å². The molecule has 1 saturated heterocycles. The molecule has 34 heavy (non-hydrogen) atoms. The molecular weight excluding hydrogens is 444 g/mol. The highest BCUT2D eigenvalue weighted by Crippen LogP contribution is 2.36. The third-order valence-electron chi connectivity index (χ3n) is 6.31. The lowest BCUT2D eigenvalue weighted by atomic mass is 9.89. The number of methoxy groups -OCH3 is 1. The number of amides is 4. The van der Waals surface area contributed by atoms with E-state index in [1.54, 1.807) is 24.3 Å². The van der Waals surface area contributed by atoms with Crippen LogP contribution in [0.3, 0.4) is 0 Å². The minimum atomic E-state index is -1.49. The monoisotopic (exact) mass is 462 g/mol. The predicted octanol–water partition coefficient (Wildman–Crippen LogP) is -0.192. The van der Waals surface area contributed by atoms with Crippen LogP contribution in [0.5, 0.6) is 11.5 Å². The number of tetrazole rings is 1. The van der Waals surface area contributed by atoms with Gasteiger partial charge in [-0.1, -0.05) is 6.07 Å². The molecule has 3 aromatic rings. The van der Waals surface area contributed by atoms with Crippen molar-refractivity contribution >= 4 is 17.8 Å². The Kier molecular flexibility index (Phi) is 4.27. The molecule has 1 fully saturated rings. The summed E-state index contributed by atoms with van der Waals surface area (Å²) in [6, 6.07) is 8.01. The summed E-state index contributed by atoms with van der Waals surface area (Å²) in [5.74, 6) is 0.550. The fourth-order valence-corrected chi connectivity index (χ4v) is 4.62. The van der Waals surface area contributed by atoms with Crippen LogP contribution in [0.4, 0.5) is 4.79 Å². The fraction of sp³-hybridized carbons (Fsp3) is 0.286. The maximum absolute atomic E-state index is 13.1. The molecule has 2 unspecified atom stereocenters. The van der Waals surface area contributed by atoms with Crippen LogP contribution in [-0.2, 0) is 17.8 Å². The van der Waals surface area contributed by atoms with E-state index in [-0.39, 0.29) is 18.9 Å². The number of imide groups is 1. The number of fused-ring (bicyclic) bond motifs is 2. The third kappa shape index (κ3) is 2.97. The number of aromatic nitrogens is 5. The van der Waals surface area contributed by atoms with E-state index in [0.29, 0.717) is 40.8 Å². The van der Waals surface area contributed by atoms with Crippen molar-refractivity contribution < 1.29 is 23.9 Å². The van der Waals surface area contributed by atoms with Crippen LogP contribution in [0.25, 0.3) is 11.5 Å². The number of urea groups is 1. The maximum atomic E-state index is 13.1. The van der Waals surface area contributed by atoms with Crippen molar-refractivity contribution in [2.45, 2.75) is 24.6 Å². The van der Waals surface area contributed by atoms with Crippen LogP contribution in [-0.4, -0.2) is 73.7 Å². The second-order valence-electron chi connectivity index (χ2n) is 8.25. The van der Waals surface area contributed by atoms with E-state index in [1.807, 2.05) is 6.07 Å². The highest BCUT2D eigenvalue weighted by molar-refractivity contribution is 6.08. The summed E-state index contributed by atoms with van der Waals surface area (Å²) in [7, 11) is 1.53. The number of ether oxygens (including phenoxy) is 2. The number of pyridine rings is 1. The number of aromatic amines is 1. The molecular formula is C21H18N8O5. The normalized spacial score (nSPS) is 22.8. The van der Waals surface area contributed by atoms with Gasteiger partial charge in [-0.25, -0.2) is 9.78 Å². The van der Waals surface area contributed by atoms with Crippen LogP contribution in [0.2, 0.25) is 0 Å². The average molecular weight is 462 g/mol. The van der Waals surface area contributed by atoms with Gasteiger partial charge >= 0.3 is 6.03 Å². The highest BCUT2D eigenvalue weighted by Gasteiger charge is 2.57. The van der Waals surface area contributed by atoms with Gasteiger partial charge in [0, 0.05) is 18.5 Å². The molecule has 0 bridgehead atoms. The Morgan fingerprint density at radius 2 is 2.12 bits per heavy atom. The molecule has 0 aliphatic carbocycles. The van der Waals surface area contributed by atoms with Crippen LogP contribution in [0.15, 0.2) is 30.3 Å². The average Bonchev–Trinajstić information content (AvgIpc) is 3.61. The van der Waals surface area contributed by atoms with Crippen LogP contribution >= 0.6 is 0 Å². The smallest absolute Gasteiger partial charge is 0.322 e. The quantitative estimate of drug-likeness (QED) is 0.436. The first kappa shape index (κ1) is 20.1. The molecule has 4 amide bonds. The van der Waals surface area contributed by atoms with E-state index in [1.165, 1.54) is 12.0 Å². The lowest BCUT2D eigenvalue weighted by Crippen LogP contribution is -2.64. The Morgan fingerprint density at radius 3 is 2.85 bits per heavy atom. The summed E-state index contributed by atoms with van der Waals surface area (Å²) in [6.45, 7) is 0.222. The van der Waals surface area contributed by atoms with Gasteiger partial charge in [0.25, 0.3) is 11.8 Å². The van der Waals surface area contributed by atoms with Crippen molar-refractivity contribution in [3.05, 3.63) is 47.2 Å². The Balaban J connectivity index is 1.30. The number of carbonyl (C=O) groups excluding carboxylic acids is 3. The largest absolute Gasteiger partial charge is 0.497 e. The lowest BCUT2D eigenvalue weighted by molar-refractivity contribution is -0.127. The number of benzene rings is 1. The standard InChI is InChI=1S/C21H18N8O5/c1-33-11-3-2-10-8-29(18(30)12(10)6-11)9-21(19(31)23-20(32)24-21)16-7-14-15(34-16)5-4-13(22-14)17-25-27-28-26-17/h2-6,16H,7-9H2,1H3,(H2,23,24,31,32)(H,25,26,27,28). The van der Waals surface area contributed by atoms with E-state index in [4.69, 9.17) is 9.47 Å². The van der Waals surface area contributed by atoms with Crippen LogP contribution < -0.4 is 20.1 Å². The zero-order valence-electron chi connectivity index (χ0n) is 17.9. The number of nitrogens with zero attached hydrogens (tertiary/aromatic N) is 5. The van der Waals surface area contributed by atoms with Crippen molar-refractivity contribution in [1.82, 2.24) is 41.1 Å². The second kappa shape index (κ2) is 7.23. The first-order valence-corrected chi connectivity index (χ1v) is 10.5. The first-order valence-electron chi connectivity index (χ1n) is 10.5. The Labute approximate surface area is 191 Å². The zero-order chi connectivity index (χ0) is 23.4. The van der Waals surface area contributed by atoms with Crippen molar-refractivity contribution in [1.29, 1.82) is 0 Å². The summed E-state index contributed by atoms with van der Waals surface area (Å²) in [6.07, 6.45) is -0.551. The van der Waals surface area contributed by atoms with Gasteiger partial charge in [-0.2, -0.15) is 5.21 Å². The van der Waals surface area contributed by atoms with E-state index in [9.17, 15) is 14.4 Å². The van der Waals surface area contributed by atoms with E-state index in [0.717, 1.165) is 5.56 Å². The lowest BCUT2D eigenvalue weighted by Gasteiger charge is -2.34.